The van der Waals surface area contributed by atoms with Crippen molar-refractivity contribution in [2.75, 3.05) is 19.6 Å². The zero-order valence-electron chi connectivity index (χ0n) is 18.2. The highest BCUT2D eigenvalue weighted by molar-refractivity contribution is 5.93. The number of aromatic nitrogens is 6. The number of amides is 2. The highest BCUT2D eigenvalue weighted by Crippen LogP contribution is 2.18. The molecular weight excluding hydrogens is 408 g/mol. The van der Waals surface area contributed by atoms with Gasteiger partial charge < -0.3 is 10.2 Å². The van der Waals surface area contributed by atoms with Crippen LogP contribution in [-0.2, 0) is 18.4 Å². The molecule has 0 bridgehead atoms. The highest BCUT2D eigenvalue weighted by atomic mass is 16.2. The third kappa shape index (κ3) is 5.57. The van der Waals surface area contributed by atoms with E-state index in [1.807, 2.05) is 35.2 Å². The summed E-state index contributed by atoms with van der Waals surface area (Å²) in [5.41, 5.74) is 1.49. The monoisotopic (exact) mass is 436 g/mol. The van der Waals surface area contributed by atoms with Crippen molar-refractivity contribution in [2.45, 2.75) is 32.2 Å². The lowest BCUT2D eigenvalue weighted by Gasteiger charge is -2.32. The second kappa shape index (κ2) is 10.2. The number of benzene rings is 1. The molecule has 0 spiro atoms. The molecule has 32 heavy (non-hydrogen) atoms. The number of rotatable bonds is 8. The Kier molecular flexibility index (Phi) is 6.88. The van der Waals surface area contributed by atoms with Crippen molar-refractivity contribution in [1.29, 1.82) is 0 Å². The minimum atomic E-state index is -0.103. The largest absolute Gasteiger partial charge is 0.352 e. The summed E-state index contributed by atoms with van der Waals surface area (Å²) in [6.07, 6.45) is 6.19. The number of hydrogen-bond donors (Lipinski definition) is 1. The van der Waals surface area contributed by atoms with Gasteiger partial charge in [0, 0.05) is 44.9 Å². The maximum atomic E-state index is 12.6. The molecule has 0 radical (unpaired) electrons. The molecule has 4 rings (SSSR count). The Morgan fingerprint density at radius 1 is 1.16 bits per heavy atom. The van der Waals surface area contributed by atoms with Crippen LogP contribution in [0.2, 0.25) is 0 Å². The van der Waals surface area contributed by atoms with Crippen molar-refractivity contribution in [2.24, 2.45) is 13.0 Å². The van der Waals surface area contributed by atoms with Crippen molar-refractivity contribution in [1.82, 2.24) is 40.2 Å². The zero-order valence-corrected chi connectivity index (χ0v) is 18.2. The smallest absolute Gasteiger partial charge is 0.254 e. The molecular formula is C22H28N8O2. The van der Waals surface area contributed by atoms with E-state index in [0.717, 1.165) is 31.5 Å². The van der Waals surface area contributed by atoms with Gasteiger partial charge >= 0.3 is 0 Å². The molecule has 10 heteroatoms. The van der Waals surface area contributed by atoms with Crippen molar-refractivity contribution < 1.29 is 9.59 Å². The molecule has 168 valence electrons. The Labute approximate surface area is 186 Å². The van der Waals surface area contributed by atoms with Crippen molar-refractivity contribution in [3.8, 4) is 11.4 Å². The van der Waals surface area contributed by atoms with Gasteiger partial charge in [0.05, 0.1) is 18.3 Å². The molecule has 2 amide bonds. The molecule has 1 N–H and O–H groups in total. The molecule has 1 fully saturated rings. The molecule has 10 nitrogen and oxygen atoms in total. The minimum Gasteiger partial charge on any atom is -0.352 e. The third-order valence-electron chi connectivity index (χ3n) is 5.72. The van der Waals surface area contributed by atoms with Crippen molar-refractivity contribution in [3.63, 3.8) is 0 Å². The van der Waals surface area contributed by atoms with Gasteiger partial charge in [-0.15, -0.1) is 10.2 Å². The lowest BCUT2D eigenvalue weighted by atomic mass is 9.96. The molecule has 3 heterocycles. The van der Waals surface area contributed by atoms with Crippen molar-refractivity contribution >= 4 is 11.8 Å². The number of nitrogens with one attached hydrogen (secondary N) is 1. The van der Waals surface area contributed by atoms with Crippen LogP contribution in [0.25, 0.3) is 11.4 Å². The average Bonchev–Trinajstić information content (AvgIpc) is 3.48. The lowest BCUT2D eigenvalue weighted by Crippen LogP contribution is -2.41. The van der Waals surface area contributed by atoms with E-state index in [2.05, 4.69) is 25.8 Å². The summed E-state index contributed by atoms with van der Waals surface area (Å²) in [5, 5.41) is 19.5. The van der Waals surface area contributed by atoms with Gasteiger partial charge in [0.2, 0.25) is 11.7 Å². The Hall–Kier alpha value is -3.56. The topological polar surface area (TPSA) is 111 Å². The summed E-state index contributed by atoms with van der Waals surface area (Å²) < 4.78 is 1.61. The summed E-state index contributed by atoms with van der Waals surface area (Å²) in [7, 11) is 1.79. The van der Waals surface area contributed by atoms with E-state index < -0.39 is 0 Å². The van der Waals surface area contributed by atoms with Crippen LogP contribution in [-0.4, -0.2) is 66.3 Å². The van der Waals surface area contributed by atoms with Gasteiger partial charge in [-0.25, -0.2) is 0 Å². The van der Waals surface area contributed by atoms with E-state index >= 15 is 0 Å². The summed E-state index contributed by atoms with van der Waals surface area (Å²) in [6.45, 7) is 2.64. The SMILES string of the molecule is Cn1cc(C(=O)NCC2CCN(C(=O)CCCn3nnc(-c4ccccc4)n3)CC2)cn1. The van der Waals surface area contributed by atoms with E-state index in [1.54, 1.807) is 28.9 Å². The average molecular weight is 437 g/mol. The second-order valence-corrected chi connectivity index (χ2v) is 8.12. The fourth-order valence-corrected chi connectivity index (χ4v) is 3.83. The number of carbonyl (C=O) groups excluding carboxylic acids is 2. The molecule has 3 aromatic rings. The van der Waals surface area contributed by atoms with E-state index in [9.17, 15) is 9.59 Å². The molecule has 0 saturated carbocycles. The number of carbonyl (C=O) groups is 2. The molecule has 1 aliphatic rings. The van der Waals surface area contributed by atoms with E-state index in [1.165, 1.54) is 0 Å². The first kappa shape index (κ1) is 21.7. The first-order chi connectivity index (χ1) is 15.6. The van der Waals surface area contributed by atoms with E-state index in [0.29, 0.717) is 43.2 Å². The summed E-state index contributed by atoms with van der Waals surface area (Å²) in [4.78, 5) is 28.2. The maximum Gasteiger partial charge on any atom is 0.254 e. The molecule has 0 atom stereocenters. The van der Waals surface area contributed by atoms with Gasteiger partial charge in [-0.1, -0.05) is 30.3 Å². The van der Waals surface area contributed by atoms with E-state index in [-0.39, 0.29) is 11.8 Å². The molecule has 1 aliphatic heterocycles. The Morgan fingerprint density at radius 3 is 2.66 bits per heavy atom. The van der Waals surface area contributed by atoms with Crippen LogP contribution in [0.1, 0.15) is 36.0 Å². The number of likely N-dealkylation sites (tertiary alicyclic amines) is 1. The van der Waals surface area contributed by atoms with E-state index in [4.69, 9.17) is 0 Å². The van der Waals surface area contributed by atoms with Crippen LogP contribution in [0.3, 0.4) is 0 Å². The van der Waals surface area contributed by atoms with Gasteiger partial charge in [0.25, 0.3) is 5.91 Å². The molecule has 0 unspecified atom stereocenters. The Bertz CT molecular complexity index is 1040. The number of hydrogen-bond acceptors (Lipinski definition) is 6. The first-order valence-corrected chi connectivity index (χ1v) is 11.0. The Morgan fingerprint density at radius 2 is 1.94 bits per heavy atom. The summed E-state index contributed by atoms with van der Waals surface area (Å²) >= 11 is 0. The maximum absolute atomic E-state index is 12.6. The minimum absolute atomic E-state index is 0.103. The van der Waals surface area contributed by atoms with Gasteiger partial charge in [-0.3, -0.25) is 14.3 Å². The normalized spacial score (nSPS) is 14.5. The molecule has 1 saturated heterocycles. The van der Waals surface area contributed by atoms with Gasteiger partial charge in [0.1, 0.15) is 0 Å². The second-order valence-electron chi connectivity index (χ2n) is 8.12. The Balaban J connectivity index is 1.14. The molecule has 2 aromatic heterocycles. The molecule has 0 aliphatic carbocycles. The quantitative estimate of drug-likeness (QED) is 0.573. The zero-order chi connectivity index (χ0) is 22.3. The van der Waals surface area contributed by atoms with Crippen LogP contribution < -0.4 is 5.32 Å². The number of piperidine rings is 1. The van der Waals surface area contributed by atoms with Gasteiger partial charge in [-0.2, -0.15) is 9.90 Å². The standard InChI is InChI=1S/C22H28N8O2/c1-28-16-19(15-24-28)22(32)23-14-17-9-12-29(13-10-17)20(31)8-5-11-30-26-21(25-27-30)18-6-3-2-4-7-18/h2-4,6-7,15-17H,5,8-14H2,1H3,(H,23,32). The fraction of sp³-hybridized carbons (Fsp3) is 0.455. The lowest BCUT2D eigenvalue weighted by molar-refractivity contribution is -0.132. The number of aryl methyl sites for hydroxylation is 2. The first-order valence-electron chi connectivity index (χ1n) is 11.0. The molecule has 1 aromatic carbocycles. The van der Waals surface area contributed by atoms with Crippen LogP contribution in [0.15, 0.2) is 42.7 Å². The fourth-order valence-electron chi connectivity index (χ4n) is 3.83. The summed E-state index contributed by atoms with van der Waals surface area (Å²) in [6, 6.07) is 9.71. The number of nitrogens with zero attached hydrogens (tertiary/aromatic N) is 7. The van der Waals surface area contributed by atoms with Crippen LogP contribution in [0, 0.1) is 5.92 Å². The number of tetrazole rings is 1. The van der Waals surface area contributed by atoms with Crippen molar-refractivity contribution in [3.05, 3.63) is 48.3 Å². The van der Waals surface area contributed by atoms with Crippen LogP contribution in [0.4, 0.5) is 0 Å². The van der Waals surface area contributed by atoms with Crippen LogP contribution in [0.5, 0.6) is 0 Å². The van der Waals surface area contributed by atoms with Gasteiger partial charge in [0.15, 0.2) is 0 Å². The predicted octanol–water partition coefficient (Wildman–Crippen LogP) is 1.52. The van der Waals surface area contributed by atoms with Crippen LogP contribution >= 0.6 is 0 Å². The highest BCUT2D eigenvalue weighted by Gasteiger charge is 2.23. The predicted molar refractivity (Wildman–Crippen MR) is 117 cm³/mol. The third-order valence-corrected chi connectivity index (χ3v) is 5.72. The van der Waals surface area contributed by atoms with Gasteiger partial charge in [-0.05, 0) is 30.4 Å². The summed E-state index contributed by atoms with van der Waals surface area (Å²) in [5.74, 6) is 1.03.